The van der Waals surface area contributed by atoms with Crippen LogP contribution < -0.4 is 4.80 Å². The fourth-order valence-corrected chi connectivity index (χ4v) is 3.07. The molecule has 0 aliphatic heterocycles. The van der Waals surface area contributed by atoms with Crippen molar-refractivity contribution < 1.29 is 44.3 Å². The van der Waals surface area contributed by atoms with Crippen LogP contribution in [0.15, 0.2) is 35.5 Å². The highest BCUT2D eigenvalue weighted by Gasteiger charge is 2.61. The second-order valence-corrected chi connectivity index (χ2v) is 6.84. The molecule has 0 bridgehead atoms. The van der Waals surface area contributed by atoms with Crippen molar-refractivity contribution in [2.45, 2.75) is 18.5 Å². The Morgan fingerprint density at radius 1 is 1.04 bits per heavy atom. The van der Waals surface area contributed by atoms with E-state index in [1.165, 1.54) is 0 Å². The molecule has 2 aromatic rings. The summed E-state index contributed by atoms with van der Waals surface area (Å²) in [4.78, 5) is 13.7. The normalized spacial score (nSPS) is 14.0. The molecule has 3 nitrogen and oxygen atoms in total. The zero-order valence-corrected chi connectivity index (χ0v) is 14.5. The molecule has 0 fully saturated rings. The third-order valence-electron chi connectivity index (χ3n) is 3.18. The highest BCUT2D eigenvalue weighted by atomic mass is 35.5. The van der Waals surface area contributed by atoms with E-state index in [1.807, 2.05) is 0 Å². The van der Waals surface area contributed by atoms with Gasteiger partial charge in [-0.3, -0.25) is 9.36 Å². The summed E-state index contributed by atoms with van der Waals surface area (Å²) >= 11 is 5.96. The number of halogens is 10. The number of carbonyl (C=O) groups is 1. The first-order valence-corrected chi connectivity index (χ1v) is 8.08. The van der Waals surface area contributed by atoms with Crippen molar-refractivity contribution in [3.8, 4) is 5.69 Å². The third kappa shape index (κ3) is 5.07. The van der Waals surface area contributed by atoms with Gasteiger partial charge in [0.15, 0.2) is 4.80 Å². The predicted molar refractivity (Wildman–Crippen MR) is 79.8 cm³/mol. The molecule has 14 heteroatoms. The lowest BCUT2D eigenvalue weighted by Gasteiger charge is -2.19. The van der Waals surface area contributed by atoms with Crippen molar-refractivity contribution in [3.63, 3.8) is 0 Å². The Kier molecular flexibility index (Phi) is 5.91. The molecule has 1 heterocycles. The molecule has 154 valence electrons. The smallest absolute Gasteiger partial charge is 0.291 e. The lowest BCUT2D eigenvalue weighted by Crippen LogP contribution is -2.42. The molecule has 1 aromatic heterocycles. The number of thiazole rings is 1. The number of hydrogen-bond donors (Lipinski definition) is 0. The Bertz CT molecular complexity index is 926. The Morgan fingerprint density at radius 2 is 1.61 bits per heavy atom. The van der Waals surface area contributed by atoms with Crippen molar-refractivity contribution >= 4 is 28.8 Å². The SMILES string of the molecule is O=C(N=c1sc(Cl)cn1-c1cccc(C(F)(F)F)c1)C(C(F)(F)F)C(F)(F)F. The standard InChI is InChI=1S/C14H6ClF9N2OS/c15-8-5-26(7-3-1-2-6(4-7)12(16,17)18)11(28-8)25-10(27)9(13(19,20)21)14(22,23)24/h1-5,9H. The molecule has 0 aliphatic carbocycles. The van der Waals surface area contributed by atoms with Gasteiger partial charge in [0, 0.05) is 11.9 Å². The molecule has 1 aromatic carbocycles. The molecule has 0 aliphatic rings. The first-order chi connectivity index (χ1) is 12.6. The summed E-state index contributed by atoms with van der Waals surface area (Å²) in [6.07, 6.45) is -15.8. The molecule has 0 N–H and O–H groups in total. The summed E-state index contributed by atoms with van der Waals surface area (Å²) < 4.78 is 115. The maximum Gasteiger partial charge on any atom is 0.416 e. The molecule has 28 heavy (non-hydrogen) atoms. The lowest BCUT2D eigenvalue weighted by molar-refractivity contribution is -0.273. The van der Waals surface area contributed by atoms with E-state index in [9.17, 15) is 44.3 Å². The molecule has 0 unspecified atom stereocenters. The van der Waals surface area contributed by atoms with Crippen LogP contribution in [0.2, 0.25) is 4.34 Å². The second-order valence-electron chi connectivity index (χ2n) is 5.20. The van der Waals surface area contributed by atoms with Crippen LogP contribution in [0.5, 0.6) is 0 Å². The van der Waals surface area contributed by atoms with E-state index in [0.717, 1.165) is 18.3 Å². The minimum absolute atomic E-state index is 0.237. The van der Waals surface area contributed by atoms with Gasteiger partial charge in [-0.1, -0.05) is 29.0 Å². The largest absolute Gasteiger partial charge is 0.416 e. The molecule has 1 amide bonds. The van der Waals surface area contributed by atoms with E-state index in [-0.39, 0.29) is 10.0 Å². The highest BCUT2D eigenvalue weighted by molar-refractivity contribution is 7.13. The average molecular weight is 457 g/mol. The summed E-state index contributed by atoms with van der Waals surface area (Å²) in [5.41, 5.74) is -1.46. The van der Waals surface area contributed by atoms with Crippen molar-refractivity contribution in [1.82, 2.24) is 4.57 Å². The molecule has 0 saturated carbocycles. The maximum atomic E-state index is 12.8. The van der Waals surface area contributed by atoms with Crippen molar-refractivity contribution in [3.05, 3.63) is 45.2 Å². The molecule has 0 radical (unpaired) electrons. The Hall–Kier alpha value is -2.02. The Morgan fingerprint density at radius 3 is 2.11 bits per heavy atom. The van der Waals surface area contributed by atoms with Crippen LogP contribution >= 0.6 is 22.9 Å². The minimum Gasteiger partial charge on any atom is -0.291 e. The van der Waals surface area contributed by atoms with Crippen LogP contribution in [-0.4, -0.2) is 22.8 Å². The first-order valence-electron chi connectivity index (χ1n) is 6.88. The molecular formula is C14H6ClF9N2OS. The number of carbonyl (C=O) groups excluding carboxylic acids is 1. The summed E-state index contributed by atoms with van der Waals surface area (Å²) in [7, 11) is 0. The molecule has 2 rings (SSSR count). The Labute approximate surface area is 158 Å². The van der Waals surface area contributed by atoms with Crippen molar-refractivity contribution in [1.29, 1.82) is 0 Å². The fraction of sp³-hybridized carbons (Fsp3) is 0.286. The molecule has 0 atom stereocenters. The van der Waals surface area contributed by atoms with Gasteiger partial charge in [0.1, 0.15) is 4.34 Å². The Balaban J connectivity index is 2.60. The van der Waals surface area contributed by atoms with Crippen LogP contribution in [-0.2, 0) is 11.0 Å². The van der Waals surface area contributed by atoms with E-state index >= 15 is 0 Å². The van der Waals surface area contributed by atoms with Gasteiger partial charge in [-0.25, -0.2) is 0 Å². The average Bonchev–Trinajstić information content (AvgIpc) is 2.83. The van der Waals surface area contributed by atoms with Gasteiger partial charge in [0.2, 0.25) is 5.92 Å². The van der Waals surface area contributed by atoms with Crippen LogP contribution in [0.25, 0.3) is 5.69 Å². The van der Waals surface area contributed by atoms with Crippen molar-refractivity contribution in [2.75, 3.05) is 0 Å². The summed E-state index contributed by atoms with van der Waals surface area (Å²) in [6, 6.07) is 3.30. The predicted octanol–water partition coefficient (Wildman–Crippen LogP) is 5.38. The zero-order valence-electron chi connectivity index (χ0n) is 13.0. The minimum atomic E-state index is -5.96. The number of hydrogen-bond acceptors (Lipinski definition) is 2. The number of nitrogens with zero attached hydrogens (tertiary/aromatic N) is 2. The second kappa shape index (κ2) is 7.43. The van der Waals surface area contributed by atoms with Crippen LogP contribution in [0.3, 0.4) is 0 Å². The summed E-state index contributed by atoms with van der Waals surface area (Å²) in [5, 5.41) is 0. The lowest BCUT2D eigenvalue weighted by atomic mass is 10.1. The molecular weight excluding hydrogens is 451 g/mol. The summed E-state index contributed by atoms with van der Waals surface area (Å²) in [6.45, 7) is 0. The van der Waals surface area contributed by atoms with Gasteiger partial charge in [-0.2, -0.15) is 44.5 Å². The zero-order chi connectivity index (χ0) is 21.5. The van der Waals surface area contributed by atoms with Gasteiger partial charge >= 0.3 is 18.5 Å². The maximum absolute atomic E-state index is 12.8. The van der Waals surface area contributed by atoms with Crippen LogP contribution in [0, 0.1) is 5.92 Å². The van der Waals surface area contributed by atoms with Gasteiger partial charge in [0.05, 0.1) is 5.56 Å². The van der Waals surface area contributed by atoms with Gasteiger partial charge in [-0.15, -0.1) is 0 Å². The van der Waals surface area contributed by atoms with Gasteiger partial charge in [0.25, 0.3) is 5.91 Å². The van der Waals surface area contributed by atoms with Gasteiger partial charge in [-0.05, 0) is 18.2 Å². The van der Waals surface area contributed by atoms with Crippen molar-refractivity contribution in [2.24, 2.45) is 10.9 Å². The number of rotatable bonds is 2. The number of alkyl halides is 9. The third-order valence-corrected chi connectivity index (χ3v) is 4.28. The highest BCUT2D eigenvalue weighted by Crippen LogP contribution is 2.40. The van der Waals surface area contributed by atoms with E-state index in [1.54, 1.807) is 0 Å². The molecule has 0 spiro atoms. The number of benzene rings is 1. The number of amides is 1. The van der Waals surface area contributed by atoms with E-state index in [2.05, 4.69) is 4.99 Å². The monoisotopic (exact) mass is 456 g/mol. The number of aromatic nitrogens is 1. The van der Waals surface area contributed by atoms with E-state index < -0.39 is 40.7 Å². The fourth-order valence-electron chi connectivity index (χ4n) is 2.04. The quantitative estimate of drug-likeness (QED) is 0.559. The summed E-state index contributed by atoms with van der Waals surface area (Å²) in [5.74, 6) is -6.95. The van der Waals surface area contributed by atoms with E-state index in [0.29, 0.717) is 28.0 Å². The van der Waals surface area contributed by atoms with E-state index in [4.69, 9.17) is 11.6 Å². The first kappa shape index (κ1) is 22.3. The molecule has 0 saturated heterocycles. The van der Waals surface area contributed by atoms with Crippen LogP contribution in [0.1, 0.15) is 5.56 Å². The topological polar surface area (TPSA) is 34.4 Å². The van der Waals surface area contributed by atoms with Gasteiger partial charge < -0.3 is 0 Å². The van der Waals surface area contributed by atoms with Crippen LogP contribution in [0.4, 0.5) is 39.5 Å².